The third-order valence-corrected chi connectivity index (χ3v) is 1.67. The van der Waals surface area contributed by atoms with Crippen molar-refractivity contribution in [3.63, 3.8) is 0 Å². The van der Waals surface area contributed by atoms with Gasteiger partial charge in [0.15, 0.2) is 0 Å². The quantitative estimate of drug-likeness (QED) is 0.666. The SMILES string of the molecule is CCC(O)CCc1cn[nH]n1. The minimum Gasteiger partial charge on any atom is -0.393 e. The molecule has 0 aliphatic heterocycles. The molecule has 1 unspecified atom stereocenters. The maximum absolute atomic E-state index is 9.20. The van der Waals surface area contributed by atoms with E-state index in [0.29, 0.717) is 0 Å². The first kappa shape index (κ1) is 8.20. The maximum Gasteiger partial charge on any atom is 0.0825 e. The molecule has 0 fully saturated rings. The van der Waals surface area contributed by atoms with Crippen LogP contribution in [0.4, 0.5) is 0 Å². The van der Waals surface area contributed by atoms with Gasteiger partial charge in [-0.15, -0.1) is 0 Å². The number of hydrogen-bond donors (Lipinski definition) is 2. The van der Waals surface area contributed by atoms with E-state index in [2.05, 4.69) is 15.4 Å². The molecule has 0 saturated carbocycles. The fourth-order valence-corrected chi connectivity index (χ4v) is 0.864. The van der Waals surface area contributed by atoms with Crippen molar-refractivity contribution in [2.75, 3.05) is 0 Å². The number of hydrogen-bond acceptors (Lipinski definition) is 3. The van der Waals surface area contributed by atoms with Crippen molar-refractivity contribution in [1.29, 1.82) is 0 Å². The number of rotatable bonds is 4. The Kier molecular flexibility index (Phi) is 3.04. The Morgan fingerprint density at radius 1 is 1.73 bits per heavy atom. The lowest BCUT2D eigenvalue weighted by atomic mass is 10.1. The number of nitrogens with zero attached hydrogens (tertiary/aromatic N) is 2. The first-order valence-corrected chi connectivity index (χ1v) is 3.85. The molecule has 0 aliphatic rings. The monoisotopic (exact) mass is 155 g/mol. The van der Waals surface area contributed by atoms with Crippen molar-refractivity contribution in [2.24, 2.45) is 0 Å². The van der Waals surface area contributed by atoms with E-state index in [9.17, 15) is 5.11 Å². The third kappa shape index (κ3) is 2.67. The molecule has 0 radical (unpaired) electrons. The maximum atomic E-state index is 9.20. The molecule has 2 N–H and O–H groups in total. The molecule has 0 bridgehead atoms. The molecule has 1 aromatic heterocycles. The van der Waals surface area contributed by atoms with Crippen molar-refractivity contribution in [1.82, 2.24) is 15.4 Å². The van der Waals surface area contributed by atoms with Crippen molar-refractivity contribution < 1.29 is 5.11 Å². The summed E-state index contributed by atoms with van der Waals surface area (Å²) in [5.41, 5.74) is 0.914. The molecule has 1 rings (SSSR count). The molecule has 1 atom stereocenters. The Bertz CT molecular complexity index is 186. The second-order valence-electron chi connectivity index (χ2n) is 2.56. The number of nitrogens with one attached hydrogen (secondary N) is 1. The van der Waals surface area contributed by atoms with E-state index < -0.39 is 0 Å². The van der Waals surface area contributed by atoms with E-state index in [0.717, 1.165) is 25.0 Å². The predicted molar refractivity (Wildman–Crippen MR) is 41.0 cm³/mol. The fourth-order valence-electron chi connectivity index (χ4n) is 0.864. The summed E-state index contributed by atoms with van der Waals surface area (Å²) < 4.78 is 0. The number of aromatic nitrogens is 3. The van der Waals surface area contributed by atoms with Crippen LogP contribution in [-0.2, 0) is 6.42 Å². The summed E-state index contributed by atoms with van der Waals surface area (Å²) in [4.78, 5) is 0. The predicted octanol–water partition coefficient (Wildman–Crippen LogP) is 0.508. The van der Waals surface area contributed by atoms with Crippen molar-refractivity contribution in [3.8, 4) is 0 Å². The number of aromatic amines is 1. The molecular formula is C7H13N3O. The van der Waals surface area contributed by atoms with Crippen LogP contribution < -0.4 is 0 Å². The number of aryl methyl sites for hydroxylation is 1. The van der Waals surface area contributed by atoms with Crippen molar-refractivity contribution in [3.05, 3.63) is 11.9 Å². The lowest BCUT2D eigenvalue weighted by Gasteiger charge is -2.03. The van der Waals surface area contributed by atoms with Crippen molar-refractivity contribution >= 4 is 0 Å². The normalized spacial score (nSPS) is 13.3. The van der Waals surface area contributed by atoms with Gasteiger partial charge in [-0.25, -0.2) is 0 Å². The minimum absolute atomic E-state index is 0.202. The van der Waals surface area contributed by atoms with Crippen LogP contribution in [0.3, 0.4) is 0 Å². The van der Waals surface area contributed by atoms with Gasteiger partial charge in [0.2, 0.25) is 0 Å². The highest BCUT2D eigenvalue weighted by Gasteiger charge is 2.02. The van der Waals surface area contributed by atoms with Gasteiger partial charge >= 0.3 is 0 Å². The second kappa shape index (κ2) is 4.08. The topological polar surface area (TPSA) is 61.8 Å². The van der Waals surface area contributed by atoms with Crippen LogP contribution in [-0.4, -0.2) is 26.6 Å². The Morgan fingerprint density at radius 3 is 3.09 bits per heavy atom. The standard InChI is InChI=1S/C7H13N3O/c1-2-7(11)4-3-6-5-8-10-9-6/h5,7,11H,2-4H2,1H3,(H,8,9,10). The zero-order valence-corrected chi connectivity index (χ0v) is 6.62. The Morgan fingerprint density at radius 2 is 2.55 bits per heavy atom. The molecule has 0 spiro atoms. The molecule has 0 aromatic carbocycles. The summed E-state index contributed by atoms with van der Waals surface area (Å²) in [5.74, 6) is 0. The molecule has 4 nitrogen and oxygen atoms in total. The van der Waals surface area contributed by atoms with Gasteiger partial charge in [-0.05, 0) is 19.3 Å². The zero-order valence-electron chi connectivity index (χ0n) is 6.62. The minimum atomic E-state index is -0.202. The molecule has 0 aliphatic carbocycles. The number of aliphatic hydroxyl groups excluding tert-OH is 1. The molecular weight excluding hydrogens is 142 g/mol. The average molecular weight is 155 g/mol. The molecule has 62 valence electrons. The summed E-state index contributed by atoms with van der Waals surface area (Å²) >= 11 is 0. The summed E-state index contributed by atoms with van der Waals surface area (Å²) in [6.45, 7) is 1.97. The summed E-state index contributed by atoms with van der Waals surface area (Å²) in [6, 6.07) is 0. The van der Waals surface area contributed by atoms with Crippen molar-refractivity contribution in [2.45, 2.75) is 32.3 Å². The van der Waals surface area contributed by atoms with Crippen LogP contribution in [0.2, 0.25) is 0 Å². The highest BCUT2D eigenvalue weighted by molar-refractivity contribution is 4.90. The summed E-state index contributed by atoms with van der Waals surface area (Å²) in [7, 11) is 0. The Hall–Kier alpha value is -0.900. The third-order valence-electron chi connectivity index (χ3n) is 1.67. The summed E-state index contributed by atoms with van der Waals surface area (Å²) in [6.07, 6.45) is 3.85. The van der Waals surface area contributed by atoms with Gasteiger partial charge in [-0.2, -0.15) is 15.4 Å². The largest absolute Gasteiger partial charge is 0.393 e. The van der Waals surface area contributed by atoms with Gasteiger partial charge in [-0.3, -0.25) is 0 Å². The molecule has 1 aromatic rings. The molecule has 11 heavy (non-hydrogen) atoms. The van der Waals surface area contributed by atoms with Gasteiger partial charge in [0, 0.05) is 0 Å². The van der Waals surface area contributed by atoms with E-state index in [-0.39, 0.29) is 6.10 Å². The molecule has 0 amide bonds. The van der Waals surface area contributed by atoms with E-state index in [1.54, 1.807) is 6.20 Å². The molecule has 4 heteroatoms. The van der Waals surface area contributed by atoms with Crippen LogP contribution >= 0.6 is 0 Å². The lowest BCUT2D eigenvalue weighted by molar-refractivity contribution is 0.160. The first-order valence-electron chi connectivity index (χ1n) is 3.85. The van der Waals surface area contributed by atoms with Crippen LogP contribution in [0.5, 0.6) is 0 Å². The van der Waals surface area contributed by atoms with E-state index in [4.69, 9.17) is 0 Å². The van der Waals surface area contributed by atoms with E-state index in [1.807, 2.05) is 6.92 Å². The summed E-state index contributed by atoms with van der Waals surface area (Å²) in [5, 5.41) is 19.3. The van der Waals surface area contributed by atoms with E-state index >= 15 is 0 Å². The number of H-pyrrole nitrogens is 1. The molecule has 0 saturated heterocycles. The van der Waals surface area contributed by atoms with Gasteiger partial charge < -0.3 is 5.11 Å². The zero-order chi connectivity index (χ0) is 8.10. The highest BCUT2D eigenvalue weighted by atomic mass is 16.3. The van der Waals surface area contributed by atoms with Gasteiger partial charge in [-0.1, -0.05) is 6.92 Å². The van der Waals surface area contributed by atoms with Crippen LogP contribution in [0, 0.1) is 0 Å². The smallest absolute Gasteiger partial charge is 0.0825 e. The second-order valence-corrected chi connectivity index (χ2v) is 2.56. The van der Waals surface area contributed by atoms with Gasteiger partial charge in [0.1, 0.15) is 0 Å². The highest BCUT2D eigenvalue weighted by Crippen LogP contribution is 2.02. The lowest BCUT2D eigenvalue weighted by Crippen LogP contribution is -2.05. The van der Waals surface area contributed by atoms with Gasteiger partial charge in [0.05, 0.1) is 18.0 Å². The van der Waals surface area contributed by atoms with Gasteiger partial charge in [0.25, 0.3) is 0 Å². The Labute approximate surface area is 65.6 Å². The molecule has 1 heterocycles. The van der Waals surface area contributed by atoms with Crippen LogP contribution in [0.15, 0.2) is 6.20 Å². The number of aliphatic hydroxyl groups is 1. The first-order chi connectivity index (χ1) is 5.33. The van der Waals surface area contributed by atoms with Crippen LogP contribution in [0.1, 0.15) is 25.5 Å². The fraction of sp³-hybridized carbons (Fsp3) is 0.714. The van der Waals surface area contributed by atoms with E-state index in [1.165, 1.54) is 0 Å². The average Bonchev–Trinajstić information content (AvgIpc) is 2.52. The Balaban J connectivity index is 2.23. The van der Waals surface area contributed by atoms with Crippen LogP contribution in [0.25, 0.3) is 0 Å².